The fraction of sp³-hybridized carbons (Fsp3) is 0.308. The number of hydrogen-bond donors (Lipinski definition) is 1. The lowest BCUT2D eigenvalue weighted by Gasteiger charge is -2.34. The standard InChI is InChI=1S/C26H30N2O2/c1-29-25-15-9-8-14-24(25)28-18-16-27(17-19-28)20-21-30-26(22-10-4-2-5-11-22)23-12-6-3-7-13-23/h2-15,26H,16-21H2,1H3/p+1. The zero-order valence-electron chi connectivity index (χ0n) is 17.7. The molecule has 1 aliphatic heterocycles. The molecule has 0 bridgehead atoms. The molecule has 1 fully saturated rings. The van der Waals surface area contributed by atoms with E-state index in [1.807, 2.05) is 12.1 Å². The predicted molar refractivity (Wildman–Crippen MR) is 121 cm³/mol. The number of piperazine rings is 1. The molecule has 0 radical (unpaired) electrons. The fourth-order valence-electron chi connectivity index (χ4n) is 4.17. The smallest absolute Gasteiger partial charge is 0.142 e. The number of rotatable bonds is 8. The quantitative estimate of drug-likeness (QED) is 0.626. The van der Waals surface area contributed by atoms with Gasteiger partial charge in [0.15, 0.2) is 0 Å². The summed E-state index contributed by atoms with van der Waals surface area (Å²) in [7, 11) is 1.74. The number of nitrogens with one attached hydrogen (secondary N) is 1. The van der Waals surface area contributed by atoms with Crippen LogP contribution >= 0.6 is 0 Å². The number of ether oxygens (including phenoxy) is 2. The molecule has 1 aliphatic rings. The van der Waals surface area contributed by atoms with E-state index in [1.54, 1.807) is 12.0 Å². The van der Waals surface area contributed by atoms with Crippen LogP contribution < -0.4 is 14.5 Å². The van der Waals surface area contributed by atoms with Gasteiger partial charge in [0.25, 0.3) is 0 Å². The first-order valence-electron chi connectivity index (χ1n) is 10.8. The van der Waals surface area contributed by atoms with E-state index in [2.05, 4.69) is 77.7 Å². The summed E-state index contributed by atoms with van der Waals surface area (Å²) in [6.45, 7) is 6.08. The molecule has 1 saturated heterocycles. The minimum Gasteiger partial charge on any atom is -0.495 e. The van der Waals surface area contributed by atoms with Crippen molar-refractivity contribution in [2.24, 2.45) is 0 Å². The Hall–Kier alpha value is -2.82. The zero-order chi connectivity index (χ0) is 20.6. The van der Waals surface area contributed by atoms with E-state index in [4.69, 9.17) is 9.47 Å². The molecule has 1 heterocycles. The highest BCUT2D eigenvalue weighted by Crippen LogP contribution is 2.27. The Morgan fingerprint density at radius 2 is 1.37 bits per heavy atom. The Kier molecular flexibility index (Phi) is 7.01. The monoisotopic (exact) mass is 403 g/mol. The van der Waals surface area contributed by atoms with E-state index in [0.717, 1.165) is 45.1 Å². The number of hydrogen-bond acceptors (Lipinski definition) is 3. The second kappa shape index (κ2) is 10.3. The van der Waals surface area contributed by atoms with Gasteiger partial charge in [-0.15, -0.1) is 0 Å². The number of nitrogens with zero attached hydrogens (tertiary/aromatic N) is 1. The van der Waals surface area contributed by atoms with Crippen molar-refractivity contribution in [3.8, 4) is 5.75 Å². The highest BCUT2D eigenvalue weighted by atomic mass is 16.5. The Morgan fingerprint density at radius 1 is 0.800 bits per heavy atom. The normalized spacial score (nSPS) is 14.8. The van der Waals surface area contributed by atoms with E-state index < -0.39 is 0 Å². The van der Waals surface area contributed by atoms with E-state index in [9.17, 15) is 0 Å². The summed E-state index contributed by atoms with van der Waals surface area (Å²) in [6.07, 6.45) is -0.0123. The largest absolute Gasteiger partial charge is 0.495 e. The fourth-order valence-corrected chi connectivity index (χ4v) is 4.17. The van der Waals surface area contributed by atoms with Crippen LogP contribution in [-0.4, -0.2) is 46.4 Å². The van der Waals surface area contributed by atoms with Gasteiger partial charge in [-0.3, -0.25) is 0 Å². The molecule has 156 valence electrons. The average Bonchev–Trinajstić information content (AvgIpc) is 2.83. The third-order valence-electron chi connectivity index (χ3n) is 5.84. The van der Waals surface area contributed by atoms with Crippen LogP contribution in [0.5, 0.6) is 5.75 Å². The summed E-state index contributed by atoms with van der Waals surface area (Å²) in [4.78, 5) is 4.03. The van der Waals surface area contributed by atoms with Crippen molar-refractivity contribution < 1.29 is 14.4 Å². The van der Waals surface area contributed by atoms with E-state index in [0.29, 0.717) is 0 Å². The Bertz CT molecular complexity index is 854. The van der Waals surface area contributed by atoms with Gasteiger partial charge in [0.2, 0.25) is 0 Å². The molecule has 4 nitrogen and oxygen atoms in total. The SMILES string of the molecule is COc1ccccc1N1CC[NH+](CCOC(c2ccccc2)c2ccccc2)CC1. The Morgan fingerprint density at radius 3 is 1.97 bits per heavy atom. The number of methoxy groups -OCH3 is 1. The number of para-hydroxylation sites is 2. The molecule has 30 heavy (non-hydrogen) atoms. The summed E-state index contributed by atoms with van der Waals surface area (Å²) >= 11 is 0. The first kappa shape index (κ1) is 20.5. The number of quaternary nitrogens is 1. The Balaban J connectivity index is 1.31. The highest BCUT2D eigenvalue weighted by Gasteiger charge is 2.22. The molecule has 0 aromatic heterocycles. The second-order valence-electron chi connectivity index (χ2n) is 7.73. The highest BCUT2D eigenvalue weighted by molar-refractivity contribution is 5.58. The maximum absolute atomic E-state index is 6.41. The molecule has 3 aromatic rings. The number of anilines is 1. The molecule has 0 aliphatic carbocycles. The van der Waals surface area contributed by atoms with Crippen LogP contribution in [0.25, 0.3) is 0 Å². The molecule has 3 aromatic carbocycles. The first-order valence-corrected chi connectivity index (χ1v) is 10.8. The van der Waals surface area contributed by atoms with E-state index in [-0.39, 0.29) is 6.10 Å². The summed E-state index contributed by atoms with van der Waals surface area (Å²) < 4.78 is 11.9. The van der Waals surface area contributed by atoms with Crippen molar-refractivity contribution in [2.45, 2.75) is 6.10 Å². The molecule has 4 heteroatoms. The van der Waals surface area contributed by atoms with E-state index >= 15 is 0 Å². The van der Waals surface area contributed by atoms with Gasteiger partial charge in [0.05, 0.1) is 45.6 Å². The third-order valence-corrected chi connectivity index (χ3v) is 5.84. The van der Waals surface area contributed by atoms with Crippen molar-refractivity contribution in [3.63, 3.8) is 0 Å². The lowest BCUT2D eigenvalue weighted by Crippen LogP contribution is -3.15. The van der Waals surface area contributed by atoms with Crippen LogP contribution in [-0.2, 0) is 4.74 Å². The van der Waals surface area contributed by atoms with Gasteiger partial charge in [-0.1, -0.05) is 72.8 Å². The number of benzene rings is 3. The maximum Gasteiger partial charge on any atom is 0.142 e. The minimum atomic E-state index is -0.0123. The van der Waals surface area contributed by atoms with Crippen molar-refractivity contribution in [2.75, 3.05) is 51.3 Å². The second-order valence-corrected chi connectivity index (χ2v) is 7.73. The van der Waals surface area contributed by atoms with Gasteiger partial charge >= 0.3 is 0 Å². The van der Waals surface area contributed by atoms with Crippen molar-refractivity contribution >= 4 is 5.69 Å². The molecule has 0 spiro atoms. The lowest BCUT2D eigenvalue weighted by molar-refractivity contribution is -0.901. The topological polar surface area (TPSA) is 26.1 Å². The molecule has 0 atom stereocenters. The Labute approximate surface area is 179 Å². The van der Waals surface area contributed by atoms with Crippen molar-refractivity contribution in [3.05, 3.63) is 96.1 Å². The zero-order valence-corrected chi connectivity index (χ0v) is 17.7. The van der Waals surface area contributed by atoms with Gasteiger partial charge < -0.3 is 19.3 Å². The lowest BCUT2D eigenvalue weighted by atomic mass is 10.0. The molecular formula is C26H31N2O2+. The van der Waals surface area contributed by atoms with Gasteiger partial charge in [-0.05, 0) is 23.3 Å². The average molecular weight is 404 g/mol. The molecule has 1 N–H and O–H groups in total. The summed E-state index contributed by atoms with van der Waals surface area (Å²) in [6, 6.07) is 29.3. The van der Waals surface area contributed by atoms with Crippen LogP contribution in [0, 0.1) is 0 Å². The predicted octanol–water partition coefficient (Wildman–Crippen LogP) is 3.21. The van der Waals surface area contributed by atoms with Crippen LogP contribution in [0.4, 0.5) is 5.69 Å². The van der Waals surface area contributed by atoms with Crippen LogP contribution in [0.3, 0.4) is 0 Å². The molecule has 0 unspecified atom stereocenters. The summed E-state index contributed by atoms with van der Waals surface area (Å²) in [5.41, 5.74) is 3.61. The molecule has 4 rings (SSSR count). The van der Waals surface area contributed by atoms with Crippen LogP contribution in [0.2, 0.25) is 0 Å². The van der Waals surface area contributed by atoms with Crippen molar-refractivity contribution in [1.29, 1.82) is 0 Å². The maximum atomic E-state index is 6.41. The van der Waals surface area contributed by atoms with Gasteiger partial charge in [0, 0.05) is 0 Å². The van der Waals surface area contributed by atoms with Crippen molar-refractivity contribution in [1.82, 2.24) is 0 Å². The van der Waals surface area contributed by atoms with Crippen LogP contribution in [0.1, 0.15) is 17.2 Å². The van der Waals surface area contributed by atoms with E-state index in [1.165, 1.54) is 16.8 Å². The summed E-state index contributed by atoms with van der Waals surface area (Å²) in [5.74, 6) is 0.956. The summed E-state index contributed by atoms with van der Waals surface area (Å²) in [5, 5.41) is 0. The van der Waals surface area contributed by atoms with Gasteiger partial charge in [-0.2, -0.15) is 0 Å². The molecule has 0 amide bonds. The third kappa shape index (κ3) is 5.02. The van der Waals surface area contributed by atoms with Crippen LogP contribution in [0.15, 0.2) is 84.9 Å². The molecule has 0 saturated carbocycles. The van der Waals surface area contributed by atoms with Gasteiger partial charge in [0.1, 0.15) is 18.4 Å². The molecular weight excluding hydrogens is 372 g/mol. The van der Waals surface area contributed by atoms with Gasteiger partial charge in [-0.25, -0.2) is 0 Å². The minimum absolute atomic E-state index is 0.0123. The first-order chi connectivity index (χ1) is 14.8.